The molecule has 0 saturated carbocycles. The van der Waals surface area contributed by atoms with Crippen molar-refractivity contribution in [1.82, 2.24) is 9.80 Å². The quantitative estimate of drug-likeness (QED) is 0.591. The maximum absolute atomic E-state index is 12.3. The topological polar surface area (TPSA) is 40.6 Å². The third-order valence-electron chi connectivity index (χ3n) is 4.20. The second kappa shape index (κ2) is 6.12. The van der Waals surface area contributed by atoms with E-state index >= 15 is 0 Å². The predicted molar refractivity (Wildman–Crippen MR) is 83.3 cm³/mol. The maximum atomic E-state index is 12.3. The number of likely N-dealkylation sites (N-methyl/N-ethyl adjacent to an activating group) is 1. The third kappa shape index (κ3) is 2.84. The van der Waals surface area contributed by atoms with E-state index in [2.05, 4.69) is 12.7 Å². The molecule has 112 valence electrons. The van der Waals surface area contributed by atoms with Crippen LogP contribution >= 0.6 is 0 Å². The number of hydrogen-bond donors (Lipinski definition) is 0. The van der Waals surface area contributed by atoms with E-state index in [4.69, 9.17) is 0 Å². The molecule has 0 aromatic rings. The Kier molecular flexibility index (Phi) is 4.46. The van der Waals surface area contributed by atoms with Gasteiger partial charge in [0.15, 0.2) is 0 Å². The van der Waals surface area contributed by atoms with E-state index in [0.717, 1.165) is 11.3 Å². The van der Waals surface area contributed by atoms with Crippen molar-refractivity contribution >= 4 is 11.8 Å². The SMILES string of the molecule is C=C1C(C)=C(/C=C\C=C/C)CN1C1CCC(=O)N(C)C1=O. The van der Waals surface area contributed by atoms with Gasteiger partial charge in [-0.25, -0.2) is 0 Å². The molecule has 2 aliphatic rings. The minimum atomic E-state index is -0.275. The summed E-state index contributed by atoms with van der Waals surface area (Å²) in [5.74, 6) is -0.224. The van der Waals surface area contributed by atoms with E-state index in [0.29, 0.717) is 19.4 Å². The molecule has 0 bridgehead atoms. The van der Waals surface area contributed by atoms with Gasteiger partial charge in [-0.1, -0.05) is 30.9 Å². The second-order valence-corrected chi connectivity index (χ2v) is 5.46. The Hall–Kier alpha value is -2.10. The van der Waals surface area contributed by atoms with Crippen LogP contribution in [0.2, 0.25) is 0 Å². The van der Waals surface area contributed by atoms with Crippen molar-refractivity contribution in [3.63, 3.8) is 0 Å². The Morgan fingerprint density at radius 2 is 2.00 bits per heavy atom. The number of likely N-dealkylation sites (tertiary alicyclic amines) is 1. The molecule has 0 aliphatic carbocycles. The first-order valence-electron chi connectivity index (χ1n) is 7.22. The van der Waals surface area contributed by atoms with Gasteiger partial charge in [-0.3, -0.25) is 14.5 Å². The Balaban J connectivity index is 2.16. The van der Waals surface area contributed by atoms with Crippen molar-refractivity contribution in [1.29, 1.82) is 0 Å². The highest BCUT2D eigenvalue weighted by molar-refractivity contribution is 6.00. The number of allylic oxidation sites excluding steroid dienone is 4. The van der Waals surface area contributed by atoms with E-state index in [1.54, 1.807) is 7.05 Å². The smallest absolute Gasteiger partial charge is 0.251 e. The van der Waals surface area contributed by atoms with Crippen LogP contribution in [0.4, 0.5) is 0 Å². The van der Waals surface area contributed by atoms with Gasteiger partial charge in [0.2, 0.25) is 5.91 Å². The summed E-state index contributed by atoms with van der Waals surface area (Å²) in [6.07, 6.45) is 8.99. The molecule has 2 heterocycles. The van der Waals surface area contributed by atoms with E-state index in [9.17, 15) is 9.59 Å². The van der Waals surface area contributed by atoms with Crippen LogP contribution in [0.3, 0.4) is 0 Å². The summed E-state index contributed by atoms with van der Waals surface area (Å²) in [6.45, 7) is 8.79. The molecule has 2 aliphatic heterocycles. The largest absolute Gasteiger partial charge is 0.355 e. The van der Waals surface area contributed by atoms with E-state index in [-0.39, 0.29) is 17.9 Å². The summed E-state index contributed by atoms with van der Waals surface area (Å²) in [6, 6.07) is -0.275. The normalized spacial score (nSPS) is 24.3. The number of piperidine rings is 1. The number of nitrogens with zero attached hydrogens (tertiary/aromatic N) is 2. The van der Waals surface area contributed by atoms with Gasteiger partial charge in [-0.05, 0) is 31.4 Å². The van der Waals surface area contributed by atoms with Crippen LogP contribution in [0.5, 0.6) is 0 Å². The fourth-order valence-electron chi connectivity index (χ4n) is 2.74. The Labute approximate surface area is 126 Å². The van der Waals surface area contributed by atoms with Gasteiger partial charge in [0.05, 0.1) is 0 Å². The molecule has 0 spiro atoms. The van der Waals surface area contributed by atoms with Crippen molar-refractivity contribution in [2.75, 3.05) is 13.6 Å². The predicted octanol–water partition coefficient (Wildman–Crippen LogP) is 2.41. The summed E-state index contributed by atoms with van der Waals surface area (Å²) < 4.78 is 0. The van der Waals surface area contributed by atoms with Gasteiger partial charge in [0.1, 0.15) is 6.04 Å². The average molecular weight is 286 g/mol. The first-order valence-corrected chi connectivity index (χ1v) is 7.22. The number of carbonyl (C=O) groups excluding carboxylic acids is 2. The maximum Gasteiger partial charge on any atom is 0.251 e. The van der Waals surface area contributed by atoms with E-state index in [1.165, 1.54) is 10.5 Å². The second-order valence-electron chi connectivity index (χ2n) is 5.46. The highest BCUT2D eigenvalue weighted by Crippen LogP contribution is 2.32. The van der Waals surface area contributed by atoms with Crippen molar-refractivity contribution < 1.29 is 9.59 Å². The van der Waals surface area contributed by atoms with Crippen LogP contribution < -0.4 is 0 Å². The van der Waals surface area contributed by atoms with Gasteiger partial charge >= 0.3 is 0 Å². The van der Waals surface area contributed by atoms with Gasteiger partial charge in [-0.2, -0.15) is 0 Å². The van der Waals surface area contributed by atoms with Crippen molar-refractivity contribution in [2.45, 2.75) is 32.7 Å². The molecule has 0 aromatic heterocycles. The Morgan fingerprint density at radius 1 is 1.29 bits per heavy atom. The summed E-state index contributed by atoms with van der Waals surface area (Å²) >= 11 is 0. The number of imide groups is 1. The molecule has 1 fully saturated rings. The first-order chi connectivity index (χ1) is 9.97. The number of carbonyl (C=O) groups is 2. The van der Waals surface area contributed by atoms with Crippen LogP contribution in [0.25, 0.3) is 0 Å². The summed E-state index contributed by atoms with van der Waals surface area (Å²) in [4.78, 5) is 27.2. The lowest BCUT2D eigenvalue weighted by Gasteiger charge is -2.35. The zero-order valence-corrected chi connectivity index (χ0v) is 12.9. The van der Waals surface area contributed by atoms with Crippen LogP contribution in [0, 0.1) is 0 Å². The van der Waals surface area contributed by atoms with Crippen LogP contribution in [0.15, 0.2) is 47.7 Å². The summed E-state index contributed by atoms with van der Waals surface area (Å²) in [5.41, 5.74) is 3.17. The average Bonchev–Trinajstić information content (AvgIpc) is 2.74. The molecule has 4 heteroatoms. The van der Waals surface area contributed by atoms with Crippen molar-refractivity contribution in [3.8, 4) is 0 Å². The number of amides is 2. The molecule has 21 heavy (non-hydrogen) atoms. The molecular weight excluding hydrogens is 264 g/mol. The molecule has 0 aromatic carbocycles. The van der Waals surface area contributed by atoms with Gasteiger partial charge in [0.25, 0.3) is 5.91 Å². The van der Waals surface area contributed by atoms with Crippen molar-refractivity contribution in [3.05, 3.63) is 47.7 Å². The third-order valence-corrected chi connectivity index (χ3v) is 4.20. The van der Waals surface area contributed by atoms with Crippen LogP contribution in [-0.4, -0.2) is 41.2 Å². The summed E-state index contributed by atoms with van der Waals surface area (Å²) in [5, 5.41) is 0. The standard InChI is InChI=1S/C17H22N2O2/c1-5-6-7-8-14-11-19(13(3)12(14)2)15-9-10-16(20)18(4)17(15)21/h5-8,15H,3,9-11H2,1-2,4H3/b6-5-,8-7-. The van der Waals surface area contributed by atoms with Gasteiger partial charge in [0, 0.05) is 25.7 Å². The van der Waals surface area contributed by atoms with Crippen LogP contribution in [-0.2, 0) is 9.59 Å². The first kappa shape index (κ1) is 15.3. The molecule has 4 nitrogen and oxygen atoms in total. The molecule has 0 N–H and O–H groups in total. The minimum Gasteiger partial charge on any atom is -0.355 e. The highest BCUT2D eigenvalue weighted by Gasteiger charge is 2.38. The minimum absolute atomic E-state index is 0.0982. The molecule has 0 radical (unpaired) electrons. The molecule has 2 rings (SSSR count). The lowest BCUT2D eigenvalue weighted by molar-refractivity contribution is -0.150. The molecule has 1 atom stereocenters. The van der Waals surface area contributed by atoms with E-state index in [1.807, 2.05) is 37.0 Å². The zero-order chi connectivity index (χ0) is 15.6. The van der Waals surface area contributed by atoms with Crippen LogP contribution in [0.1, 0.15) is 26.7 Å². The monoisotopic (exact) mass is 286 g/mol. The molecule has 1 unspecified atom stereocenters. The number of hydrogen-bond acceptors (Lipinski definition) is 3. The van der Waals surface area contributed by atoms with Gasteiger partial charge < -0.3 is 4.90 Å². The Morgan fingerprint density at radius 3 is 2.67 bits per heavy atom. The van der Waals surface area contributed by atoms with Gasteiger partial charge in [-0.15, -0.1) is 0 Å². The molecular formula is C17H22N2O2. The van der Waals surface area contributed by atoms with Crippen molar-refractivity contribution in [2.24, 2.45) is 0 Å². The lowest BCUT2D eigenvalue weighted by Crippen LogP contribution is -2.52. The lowest BCUT2D eigenvalue weighted by atomic mass is 10.0. The highest BCUT2D eigenvalue weighted by atomic mass is 16.2. The zero-order valence-electron chi connectivity index (χ0n) is 12.9. The fraction of sp³-hybridized carbons (Fsp3) is 0.412. The fourth-order valence-corrected chi connectivity index (χ4v) is 2.74. The Bertz CT molecular complexity index is 569. The number of rotatable bonds is 3. The van der Waals surface area contributed by atoms with E-state index < -0.39 is 0 Å². The summed E-state index contributed by atoms with van der Waals surface area (Å²) in [7, 11) is 1.56. The molecule has 1 saturated heterocycles. The molecule has 2 amide bonds.